The first-order valence-electron chi connectivity index (χ1n) is 6.84. The number of rotatable bonds is 1. The smallest absolute Gasteiger partial charge is 0.163 e. The van der Waals surface area contributed by atoms with E-state index in [-0.39, 0.29) is 11.8 Å². The van der Waals surface area contributed by atoms with Crippen molar-refractivity contribution in [1.29, 1.82) is 5.26 Å². The highest BCUT2D eigenvalue weighted by Crippen LogP contribution is 2.42. The Hall–Kier alpha value is -2.39. The molecule has 1 N–H and O–H groups in total. The molecule has 0 bridgehead atoms. The van der Waals surface area contributed by atoms with Crippen molar-refractivity contribution >= 4 is 22.9 Å². The molecule has 3 heterocycles. The normalized spacial score (nSPS) is 20.5. The van der Waals surface area contributed by atoms with Crippen LogP contribution in [0.5, 0.6) is 0 Å². The minimum atomic E-state index is -0.203. The number of aromatic nitrogens is 2. The fraction of sp³-hybridized carbons (Fsp3) is 0.267. The van der Waals surface area contributed by atoms with Gasteiger partial charge in [-0.15, -0.1) is 11.3 Å². The zero-order valence-electron chi connectivity index (χ0n) is 11.2. The van der Waals surface area contributed by atoms with Crippen molar-refractivity contribution in [2.24, 2.45) is 0 Å². The zero-order chi connectivity index (χ0) is 14.4. The van der Waals surface area contributed by atoms with Gasteiger partial charge in [0.1, 0.15) is 23.5 Å². The largest absolute Gasteiger partial charge is 0.342 e. The second-order valence-corrected chi connectivity index (χ2v) is 6.15. The summed E-state index contributed by atoms with van der Waals surface area (Å²) in [6.07, 6.45) is 3.85. The van der Waals surface area contributed by atoms with E-state index in [1.54, 1.807) is 22.2 Å². The number of Topliss-reactive ketones (excluding diaryl/α,β-unsaturated/α-hetero) is 1. The number of ketones is 1. The summed E-state index contributed by atoms with van der Waals surface area (Å²) in [4.78, 5) is 13.5. The highest BCUT2D eigenvalue weighted by atomic mass is 32.1. The van der Waals surface area contributed by atoms with Crippen molar-refractivity contribution in [2.45, 2.75) is 25.3 Å². The molecule has 1 aliphatic heterocycles. The number of nitrogens with one attached hydrogen (secondary N) is 1. The van der Waals surface area contributed by atoms with Gasteiger partial charge in [-0.05, 0) is 24.3 Å². The monoisotopic (exact) mass is 296 g/mol. The van der Waals surface area contributed by atoms with Crippen LogP contribution in [-0.2, 0) is 4.79 Å². The topological polar surface area (TPSA) is 70.7 Å². The van der Waals surface area contributed by atoms with Gasteiger partial charge < -0.3 is 5.32 Å². The molecule has 1 atom stereocenters. The van der Waals surface area contributed by atoms with Crippen molar-refractivity contribution in [3.8, 4) is 6.07 Å². The number of hydrogen-bond donors (Lipinski definition) is 1. The number of carbonyl (C=O) groups is 1. The van der Waals surface area contributed by atoms with Crippen molar-refractivity contribution < 1.29 is 4.79 Å². The van der Waals surface area contributed by atoms with Crippen molar-refractivity contribution in [3.63, 3.8) is 0 Å². The maximum absolute atomic E-state index is 12.4. The van der Waals surface area contributed by atoms with Crippen molar-refractivity contribution in [1.82, 2.24) is 9.78 Å². The third kappa shape index (κ3) is 1.74. The van der Waals surface area contributed by atoms with Gasteiger partial charge in [0.15, 0.2) is 5.78 Å². The lowest BCUT2D eigenvalue weighted by atomic mass is 9.88. The van der Waals surface area contributed by atoms with Crippen molar-refractivity contribution in [3.05, 3.63) is 45.4 Å². The van der Waals surface area contributed by atoms with Crippen LogP contribution in [-0.4, -0.2) is 15.6 Å². The van der Waals surface area contributed by atoms with E-state index >= 15 is 0 Å². The van der Waals surface area contributed by atoms with Crippen LogP contribution >= 0.6 is 11.3 Å². The first kappa shape index (κ1) is 12.4. The van der Waals surface area contributed by atoms with E-state index in [1.807, 2.05) is 17.5 Å². The summed E-state index contributed by atoms with van der Waals surface area (Å²) in [7, 11) is 0. The number of allylic oxidation sites excluding steroid dienone is 2. The predicted octanol–water partition coefficient (Wildman–Crippen LogP) is 2.84. The van der Waals surface area contributed by atoms with E-state index in [0.717, 1.165) is 29.0 Å². The summed E-state index contributed by atoms with van der Waals surface area (Å²) in [6, 6.07) is 5.95. The molecule has 0 aromatic carbocycles. The average Bonchev–Trinajstić information content (AvgIpc) is 3.14. The number of carbonyl (C=O) groups excluding carboxylic acids is 1. The Bertz CT molecular complexity index is 794. The standard InChI is InChI=1S/C15H12N4OS/c16-7-9-8-17-19-14(12-5-2-6-21-12)13-10(18-15(9)19)3-1-4-11(13)20/h2,5-6,8,14,18H,1,3-4H2. The minimum absolute atomic E-state index is 0.182. The van der Waals surface area contributed by atoms with E-state index in [2.05, 4.69) is 16.5 Å². The molecule has 0 spiro atoms. The SMILES string of the molecule is N#Cc1cnn2c1NC1=C(C(=O)CCC1)C2c1cccs1. The molecule has 2 aromatic rings. The number of hydrogen-bond acceptors (Lipinski definition) is 5. The molecule has 1 unspecified atom stereocenters. The summed E-state index contributed by atoms with van der Waals surface area (Å²) in [6.45, 7) is 0. The Morgan fingerprint density at radius 2 is 2.38 bits per heavy atom. The van der Waals surface area contributed by atoms with Crippen molar-refractivity contribution in [2.75, 3.05) is 5.32 Å². The fourth-order valence-electron chi connectivity index (χ4n) is 3.05. The Labute approximate surface area is 125 Å². The Morgan fingerprint density at radius 1 is 1.48 bits per heavy atom. The van der Waals surface area contributed by atoms with Gasteiger partial charge in [-0.3, -0.25) is 4.79 Å². The molecular weight excluding hydrogens is 284 g/mol. The molecule has 0 saturated heterocycles. The van der Waals surface area contributed by atoms with Crippen LogP contribution in [0, 0.1) is 11.3 Å². The molecule has 5 nitrogen and oxygen atoms in total. The number of thiophene rings is 1. The van der Waals surface area contributed by atoms with Crippen LogP contribution in [0.3, 0.4) is 0 Å². The number of nitriles is 1. The zero-order valence-corrected chi connectivity index (χ0v) is 12.0. The first-order valence-corrected chi connectivity index (χ1v) is 7.72. The lowest BCUT2D eigenvalue weighted by Crippen LogP contribution is -2.31. The number of nitrogens with zero attached hydrogens (tertiary/aromatic N) is 3. The maximum Gasteiger partial charge on any atom is 0.163 e. The van der Waals surface area contributed by atoms with Crippen LogP contribution in [0.15, 0.2) is 35.0 Å². The van der Waals surface area contributed by atoms with E-state index < -0.39 is 0 Å². The van der Waals surface area contributed by atoms with Crippen LogP contribution < -0.4 is 5.32 Å². The molecule has 104 valence electrons. The maximum atomic E-state index is 12.4. The lowest BCUT2D eigenvalue weighted by molar-refractivity contribution is -0.116. The third-order valence-corrected chi connectivity index (χ3v) is 4.90. The highest BCUT2D eigenvalue weighted by Gasteiger charge is 2.37. The van der Waals surface area contributed by atoms with Gasteiger partial charge in [-0.1, -0.05) is 6.07 Å². The van der Waals surface area contributed by atoms with Crippen LogP contribution in [0.25, 0.3) is 0 Å². The molecule has 2 aromatic heterocycles. The molecule has 0 radical (unpaired) electrons. The molecule has 4 rings (SSSR count). The Morgan fingerprint density at radius 3 is 3.14 bits per heavy atom. The minimum Gasteiger partial charge on any atom is -0.342 e. The second-order valence-electron chi connectivity index (χ2n) is 5.18. The summed E-state index contributed by atoms with van der Waals surface area (Å²) in [5.74, 6) is 0.881. The molecule has 0 saturated carbocycles. The summed E-state index contributed by atoms with van der Waals surface area (Å²) in [5.41, 5.74) is 2.28. The first-order chi connectivity index (χ1) is 10.3. The van der Waals surface area contributed by atoms with Gasteiger partial charge >= 0.3 is 0 Å². The van der Waals surface area contributed by atoms with E-state index in [9.17, 15) is 10.1 Å². The fourth-order valence-corrected chi connectivity index (χ4v) is 3.87. The quantitative estimate of drug-likeness (QED) is 0.878. The van der Waals surface area contributed by atoms with E-state index in [4.69, 9.17) is 0 Å². The predicted molar refractivity (Wildman–Crippen MR) is 78.9 cm³/mol. The van der Waals surface area contributed by atoms with Gasteiger partial charge in [-0.2, -0.15) is 10.4 Å². The van der Waals surface area contributed by atoms with Gasteiger partial charge in [0.25, 0.3) is 0 Å². The summed E-state index contributed by atoms with van der Waals surface area (Å²) >= 11 is 1.61. The molecule has 21 heavy (non-hydrogen) atoms. The summed E-state index contributed by atoms with van der Waals surface area (Å²) in [5, 5.41) is 18.8. The van der Waals surface area contributed by atoms with Gasteiger partial charge in [0.2, 0.25) is 0 Å². The van der Waals surface area contributed by atoms with Crippen LogP contribution in [0.2, 0.25) is 0 Å². The van der Waals surface area contributed by atoms with Gasteiger partial charge in [0, 0.05) is 22.6 Å². The molecule has 6 heteroatoms. The number of anilines is 1. The van der Waals surface area contributed by atoms with Crippen LogP contribution in [0.1, 0.15) is 35.7 Å². The second kappa shape index (κ2) is 4.57. The number of fused-ring (bicyclic) bond motifs is 1. The molecule has 0 amide bonds. The van der Waals surface area contributed by atoms with Gasteiger partial charge in [0.05, 0.1) is 6.20 Å². The summed E-state index contributed by atoms with van der Waals surface area (Å²) < 4.78 is 1.77. The Balaban J connectivity index is 1.96. The van der Waals surface area contributed by atoms with Crippen LogP contribution in [0.4, 0.5) is 5.82 Å². The van der Waals surface area contributed by atoms with E-state index in [0.29, 0.717) is 17.8 Å². The molecule has 1 aliphatic carbocycles. The van der Waals surface area contributed by atoms with E-state index in [1.165, 1.54) is 0 Å². The average molecular weight is 296 g/mol. The van der Waals surface area contributed by atoms with Gasteiger partial charge in [-0.25, -0.2) is 4.68 Å². The third-order valence-electron chi connectivity index (χ3n) is 3.97. The Kier molecular flexibility index (Phi) is 2.69. The highest BCUT2D eigenvalue weighted by molar-refractivity contribution is 7.10. The lowest BCUT2D eigenvalue weighted by Gasteiger charge is -2.32. The molecule has 2 aliphatic rings. The molecule has 0 fully saturated rings. The molecular formula is C15H12N4OS.